The maximum Gasteiger partial charge on any atom is 0.228 e. The van der Waals surface area contributed by atoms with Gasteiger partial charge < -0.3 is 10.3 Å². The molecule has 0 saturated heterocycles. The third kappa shape index (κ3) is 5.89. The first-order valence-corrected chi connectivity index (χ1v) is 10.4. The highest BCUT2D eigenvalue weighted by Crippen LogP contribution is 2.34. The average molecular weight is 460 g/mol. The first kappa shape index (κ1) is 22.9. The molecular weight excluding hydrogens is 441 g/mol. The van der Waals surface area contributed by atoms with Crippen LogP contribution in [0.2, 0.25) is 10.0 Å². The Hall–Kier alpha value is -3.77. The first-order valence-electron chi connectivity index (χ1n) is 9.63. The number of aromatic nitrogens is 3. The van der Waals surface area contributed by atoms with E-state index in [2.05, 4.69) is 38.2 Å². The number of hydrogen-bond acceptors (Lipinski definition) is 4. The van der Waals surface area contributed by atoms with Gasteiger partial charge in [-0.15, -0.1) is 0 Å². The Labute approximate surface area is 197 Å². The zero-order valence-electron chi connectivity index (χ0n) is 17.4. The highest BCUT2D eigenvalue weighted by molar-refractivity contribution is 6.43. The highest BCUT2D eigenvalue weighted by Gasteiger charge is 2.11. The molecule has 0 saturated carbocycles. The fraction of sp³-hybridized carbons (Fsp3) is 0.0800. The zero-order chi connectivity index (χ0) is 22.9. The monoisotopic (exact) mass is 459 g/mol. The fourth-order valence-electron chi connectivity index (χ4n) is 2.86. The Morgan fingerprint density at radius 1 is 0.969 bits per heavy atom. The number of halogens is 2. The number of nitriles is 1. The summed E-state index contributed by atoms with van der Waals surface area (Å²) in [6, 6.07) is 19.1. The van der Waals surface area contributed by atoms with Crippen molar-refractivity contribution < 1.29 is 0 Å². The highest BCUT2D eigenvalue weighted by atomic mass is 35.5. The van der Waals surface area contributed by atoms with Gasteiger partial charge in [0.25, 0.3) is 0 Å². The Morgan fingerprint density at radius 3 is 2.47 bits per heavy atom. The van der Waals surface area contributed by atoms with E-state index in [1.165, 1.54) is 0 Å². The van der Waals surface area contributed by atoms with Gasteiger partial charge in [-0.2, -0.15) is 5.26 Å². The maximum atomic E-state index is 8.88. The predicted octanol–water partition coefficient (Wildman–Crippen LogP) is 6.76. The van der Waals surface area contributed by atoms with Crippen molar-refractivity contribution in [2.75, 3.05) is 5.32 Å². The summed E-state index contributed by atoms with van der Waals surface area (Å²) in [7, 11) is 0. The van der Waals surface area contributed by atoms with E-state index in [1.54, 1.807) is 31.5 Å². The molecule has 0 aliphatic rings. The molecule has 7 heteroatoms. The Balaban J connectivity index is 0.000000182. The van der Waals surface area contributed by atoms with Crippen LogP contribution in [0.5, 0.6) is 0 Å². The number of para-hydroxylation sites is 1. The van der Waals surface area contributed by atoms with E-state index in [0.29, 0.717) is 21.6 Å². The molecule has 4 rings (SSSR count). The second-order valence-corrected chi connectivity index (χ2v) is 7.37. The number of anilines is 2. The van der Waals surface area contributed by atoms with Gasteiger partial charge in [-0.1, -0.05) is 59.5 Å². The molecule has 0 bridgehead atoms. The van der Waals surface area contributed by atoms with Crippen molar-refractivity contribution in [3.63, 3.8) is 0 Å². The molecule has 0 spiro atoms. The van der Waals surface area contributed by atoms with Crippen LogP contribution in [-0.4, -0.2) is 15.0 Å². The topological polar surface area (TPSA) is 77.4 Å². The summed E-state index contributed by atoms with van der Waals surface area (Å²) in [6.07, 6.45) is 3.36. The van der Waals surface area contributed by atoms with E-state index in [4.69, 9.17) is 28.5 Å². The van der Waals surface area contributed by atoms with Crippen molar-refractivity contribution in [1.82, 2.24) is 15.0 Å². The summed E-state index contributed by atoms with van der Waals surface area (Å²) in [5.74, 6) is 6.35. The van der Waals surface area contributed by atoms with Gasteiger partial charge in [0.15, 0.2) is 0 Å². The third-order valence-corrected chi connectivity index (χ3v) is 5.06. The quantitative estimate of drug-likeness (QED) is 0.331. The fourth-order valence-corrected chi connectivity index (χ4v) is 3.26. The molecule has 158 valence electrons. The van der Waals surface area contributed by atoms with E-state index in [1.807, 2.05) is 49.4 Å². The Morgan fingerprint density at radius 2 is 1.75 bits per heavy atom. The lowest BCUT2D eigenvalue weighted by atomic mass is 10.1. The standard InChI is InChI=1S/C14H13N3.C11H6Cl2N2/c1-3-7-13-10-11(2)15-14(17-13)16-12-8-5-4-6-9-12;12-10-3-1-2-8(11(10)13)9-6-15-5-7(9)4-14/h4-6,8-10H,1-2H3,(H,15,16,17);1-3,5-6,15H. The molecule has 2 aromatic heterocycles. The van der Waals surface area contributed by atoms with Gasteiger partial charge in [0.1, 0.15) is 11.8 Å². The maximum absolute atomic E-state index is 8.88. The summed E-state index contributed by atoms with van der Waals surface area (Å²) < 4.78 is 0. The summed E-state index contributed by atoms with van der Waals surface area (Å²) in [6.45, 7) is 3.72. The molecule has 2 heterocycles. The molecule has 0 fully saturated rings. The van der Waals surface area contributed by atoms with Gasteiger partial charge >= 0.3 is 0 Å². The number of H-pyrrole nitrogens is 1. The molecule has 0 amide bonds. The van der Waals surface area contributed by atoms with Gasteiger partial charge in [0.2, 0.25) is 5.95 Å². The van der Waals surface area contributed by atoms with Crippen LogP contribution in [0, 0.1) is 30.1 Å². The van der Waals surface area contributed by atoms with E-state index >= 15 is 0 Å². The minimum absolute atomic E-state index is 0.468. The van der Waals surface area contributed by atoms with Crippen LogP contribution in [0.4, 0.5) is 11.6 Å². The van der Waals surface area contributed by atoms with Gasteiger partial charge in [-0.25, -0.2) is 9.97 Å². The predicted molar refractivity (Wildman–Crippen MR) is 130 cm³/mol. The zero-order valence-corrected chi connectivity index (χ0v) is 19.0. The lowest BCUT2D eigenvalue weighted by Gasteiger charge is -2.05. The lowest BCUT2D eigenvalue weighted by molar-refractivity contribution is 1.09. The molecule has 32 heavy (non-hydrogen) atoms. The third-order valence-electron chi connectivity index (χ3n) is 4.24. The molecular formula is C25H19Cl2N5. The molecule has 2 N–H and O–H groups in total. The van der Waals surface area contributed by atoms with Crippen LogP contribution >= 0.6 is 23.2 Å². The summed E-state index contributed by atoms with van der Waals surface area (Å²) in [5.41, 5.74) is 4.69. The number of hydrogen-bond donors (Lipinski definition) is 2. The van der Waals surface area contributed by atoms with Crippen LogP contribution < -0.4 is 5.32 Å². The Bertz CT molecular complexity index is 1310. The van der Waals surface area contributed by atoms with Gasteiger partial charge in [-0.05, 0) is 44.0 Å². The SMILES string of the molecule is CC#Cc1cc(C)nc(Nc2ccccc2)n1.N#Cc1c[nH]cc1-c1cccc(Cl)c1Cl. The van der Waals surface area contributed by atoms with Gasteiger partial charge in [0, 0.05) is 34.9 Å². The van der Waals surface area contributed by atoms with Crippen molar-refractivity contribution in [2.24, 2.45) is 0 Å². The molecule has 0 radical (unpaired) electrons. The van der Waals surface area contributed by atoms with Crippen molar-refractivity contribution in [1.29, 1.82) is 5.26 Å². The molecule has 0 aliphatic heterocycles. The van der Waals surface area contributed by atoms with E-state index in [9.17, 15) is 0 Å². The van der Waals surface area contributed by atoms with Crippen LogP contribution in [0.25, 0.3) is 11.1 Å². The molecule has 0 atom stereocenters. The summed E-state index contributed by atoms with van der Waals surface area (Å²) in [5, 5.41) is 13.0. The van der Waals surface area contributed by atoms with E-state index in [0.717, 1.165) is 28.2 Å². The van der Waals surface area contributed by atoms with Crippen LogP contribution in [0.1, 0.15) is 23.9 Å². The number of rotatable bonds is 3. The number of nitrogens with one attached hydrogen (secondary N) is 2. The van der Waals surface area contributed by atoms with Crippen LogP contribution in [-0.2, 0) is 0 Å². The minimum Gasteiger partial charge on any atom is -0.366 e. The van der Waals surface area contributed by atoms with Crippen molar-refractivity contribution in [3.8, 4) is 29.0 Å². The van der Waals surface area contributed by atoms with E-state index < -0.39 is 0 Å². The van der Waals surface area contributed by atoms with Crippen LogP contribution in [0.3, 0.4) is 0 Å². The molecule has 5 nitrogen and oxygen atoms in total. The second-order valence-electron chi connectivity index (χ2n) is 6.58. The van der Waals surface area contributed by atoms with Crippen molar-refractivity contribution >= 4 is 34.8 Å². The van der Waals surface area contributed by atoms with Crippen molar-refractivity contribution in [3.05, 3.63) is 94.0 Å². The largest absolute Gasteiger partial charge is 0.366 e. The smallest absolute Gasteiger partial charge is 0.228 e. The average Bonchev–Trinajstić information content (AvgIpc) is 3.25. The molecule has 4 aromatic rings. The number of aryl methyl sites for hydroxylation is 1. The van der Waals surface area contributed by atoms with Gasteiger partial charge in [-0.3, -0.25) is 0 Å². The second kappa shape index (κ2) is 11.0. The molecule has 2 aromatic carbocycles. The van der Waals surface area contributed by atoms with Crippen molar-refractivity contribution in [2.45, 2.75) is 13.8 Å². The number of aromatic amines is 1. The normalized spacial score (nSPS) is 9.59. The summed E-state index contributed by atoms with van der Waals surface area (Å²) in [4.78, 5) is 11.5. The first-order chi connectivity index (χ1) is 15.5. The van der Waals surface area contributed by atoms with Crippen LogP contribution in [0.15, 0.2) is 67.0 Å². The Kier molecular flexibility index (Phi) is 7.89. The van der Waals surface area contributed by atoms with E-state index in [-0.39, 0.29) is 0 Å². The number of benzene rings is 2. The number of nitrogens with zero attached hydrogens (tertiary/aromatic N) is 3. The molecule has 0 unspecified atom stereocenters. The summed E-state index contributed by atoms with van der Waals surface area (Å²) >= 11 is 12.0. The van der Waals surface area contributed by atoms with Gasteiger partial charge in [0.05, 0.1) is 15.6 Å². The lowest BCUT2D eigenvalue weighted by Crippen LogP contribution is -2.00. The minimum atomic E-state index is 0.468. The molecule has 0 aliphatic carbocycles.